The molecule has 5 nitrogen and oxygen atoms in total. The van der Waals surface area contributed by atoms with E-state index in [0.29, 0.717) is 0 Å². The zero-order valence-electron chi connectivity index (χ0n) is 15.8. The third kappa shape index (κ3) is 5.00. The molecule has 4 aromatic rings. The average molecular weight is 401 g/mol. The molecule has 0 spiro atoms. The van der Waals surface area contributed by atoms with Gasteiger partial charge in [0.15, 0.2) is 0 Å². The van der Waals surface area contributed by atoms with E-state index in [1.54, 1.807) is 13.3 Å². The molecule has 0 saturated carbocycles. The zero-order chi connectivity index (χ0) is 19.9. The van der Waals surface area contributed by atoms with Gasteiger partial charge in [-0.1, -0.05) is 42.5 Å². The van der Waals surface area contributed by atoms with Crippen molar-refractivity contribution >= 4 is 22.7 Å². The average Bonchev–Trinajstić information content (AvgIpc) is 3.24. The maximum Gasteiger partial charge on any atom is 0.203 e. The zero-order valence-corrected chi connectivity index (χ0v) is 16.6. The third-order valence-electron chi connectivity index (χ3n) is 4.10. The lowest BCUT2D eigenvalue weighted by atomic mass is 10.2. The molecule has 144 valence electrons. The van der Waals surface area contributed by atoms with Crippen LogP contribution in [-0.4, -0.2) is 18.3 Å². The number of aromatic nitrogens is 1. The Hall–Kier alpha value is -3.64. The van der Waals surface area contributed by atoms with Crippen molar-refractivity contribution in [3.63, 3.8) is 0 Å². The van der Waals surface area contributed by atoms with Gasteiger partial charge in [0.05, 0.1) is 19.0 Å². The van der Waals surface area contributed by atoms with Crippen LogP contribution >= 0.6 is 11.3 Å². The Kier molecular flexibility index (Phi) is 5.83. The molecule has 1 N–H and O–H groups in total. The summed E-state index contributed by atoms with van der Waals surface area (Å²) in [6, 6.07) is 25.3. The minimum Gasteiger partial charge on any atom is -0.497 e. The van der Waals surface area contributed by atoms with E-state index in [0.717, 1.165) is 39.2 Å². The van der Waals surface area contributed by atoms with Crippen LogP contribution in [0.15, 0.2) is 89.3 Å². The highest BCUT2D eigenvalue weighted by molar-refractivity contribution is 7.14. The number of hydrogen-bond acceptors (Lipinski definition) is 6. The number of hydrazone groups is 1. The topological polar surface area (TPSA) is 55.7 Å². The summed E-state index contributed by atoms with van der Waals surface area (Å²) < 4.78 is 11.0. The van der Waals surface area contributed by atoms with Gasteiger partial charge in [0.2, 0.25) is 5.13 Å². The molecule has 0 aliphatic rings. The summed E-state index contributed by atoms with van der Waals surface area (Å²) >= 11 is 1.52. The third-order valence-corrected chi connectivity index (χ3v) is 4.85. The monoisotopic (exact) mass is 401 g/mol. The van der Waals surface area contributed by atoms with Crippen molar-refractivity contribution in [1.29, 1.82) is 0 Å². The number of thiazole rings is 1. The van der Waals surface area contributed by atoms with E-state index >= 15 is 0 Å². The first-order valence-corrected chi connectivity index (χ1v) is 9.90. The fraction of sp³-hybridized carbons (Fsp3) is 0.0435. The van der Waals surface area contributed by atoms with Gasteiger partial charge in [-0.2, -0.15) is 5.10 Å². The van der Waals surface area contributed by atoms with Gasteiger partial charge in [-0.05, 0) is 42.0 Å². The Bertz CT molecular complexity index is 1090. The largest absolute Gasteiger partial charge is 0.497 e. The van der Waals surface area contributed by atoms with Crippen molar-refractivity contribution in [3.05, 3.63) is 89.8 Å². The van der Waals surface area contributed by atoms with E-state index < -0.39 is 0 Å². The molecule has 1 aromatic heterocycles. The SMILES string of the molecule is COc1ccc(Oc2cccc(C=NNc3nc(-c4ccccc4)cs3)c2)cc1. The summed E-state index contributed by atoms with van der Waals surface area (Å²) in [7, 11) is 1.64. The minimum atomic E-state index is 0.736. The smallest absolute Gasteiger partial charge is 0.203 e. The Balaban J connectivity index is 1.39. The molecule has 0 saturated heterocycles. The molecule has 29 heavy (non-hydrogen) atoms. The minimum absolute atomic E-state index is 0.736. The van der Waals surface area contributed by atoms with E-state index in [9.17, 15) is 0 Å². The molecule has 0 radical (unpaired) electrons. The molecule has 6 heteroatoms. The second kappa shape index (κ2) is 9.03. The van der Waals surface area contributed by atoms with Crippen LogP contribution in [0, 0.1) is 0 Å². The molecule has 0 aliphatic heterocycles. The van der Waals surface area contributed by atoms with Crippen molar-refractivity contribution in [3.8, 4) is 28.5 Å². The fourth-order valence-electron chi connectivity index (χ4n) is 2.67. The van der Waals surface area contributed by atoms with Crippen molar-refractivity contribution < 1.29 is 9.47 Å². The molecule has 0 bridgehead atoms. The van der Waals surface area contributed by atoms with Crippen LogP contribution in [0.2, 0.25) is 0 Å². The van der Waals surface area contributed by atoms with Crippen molar-refractivity contribution in [1.82, 2.24) is 4.98 Å². The number of nitrogens with one attached hydrogen (secondary N) is 1. The summed E-state index contributed by atoms with van der Waals surface area (Å²) in [5.41, 5.74) is 5.93. The second-order valence-corrected chi connectivity index (χ2v) is 6.98. The van der Waals surface area contributed by atoms with Gasteiger partial charge in [-0.15, -0.1) is 11.3 Å². The van der Waals surface area contributed by atoms with Crippen LogP contribution in [0.1, 0.15) is 5.56 Å². The van der Waals surface area contributed by atoms with Crippen LogP contribution in [0.4, 0.5) is 5.13 Å². The lowest BCUT2D eigenvalue weighted by molar-refractivity contribution is 0.413. The Morgan fingerprint density at radius 2 is 1.69 bits per heavy atom. The van der Waals surface area contributed by atoms with Crippen LogP contribution in [-0.2, 0) is 0 Å². The van der Waals surface area contributed by atoms with E-state index in [1.807, 2.05) is 84.2 Å². The Morgan fingerprint density at radius 1 is 0.897 bits per heavy atom. The van der Waals surface area contributed by atoms with E-state index in [1.165, 1.54) is 11.3 Å². The lowest BCUT2D eigenvalue weighted by Gasteiger charge is -2.07. The van der Waals surface area contributed by atoms with Crippen LogP contribution in [0.5, 0.6) is 17.2 Å². The van der Waals surface area contributed by atoms with Crippen molar-refractivity contribution in [2.45, 2.75) is 0 Å². The number of benzene rings is 3. The first kappa shape index (κ1) is 18.7. The summed E-state index contributed by atoms with van der Waals surface area (Å²) in [6.45, 7) is 0. The molecule has 4 rings (SSSR count). The molecule has 3 aromatic carbocycles. The van der Waals surface area contributed by atoms with Gasteiger partial charge in [0.1, 0.15) is 17.2 Å². The van der Waals surface area contributed by atoms with E-state index in [2.05, 4.69) is 15.5 Å². The molecular formula is C23H19N3O2S. The van der Waals surface area contributed by atoms with E-state index in [-0.39, 0.29) is 0 Å². The summed E-state index contributed by atoms with van der Waals surface area (Å²) in [6.07, 6.45) is 1.74. The summed E-state index contributed by atoms with van der Waals surface area (Å²) in [5.74, 6) is 2.27. The van der Waals surface area contributed by atoms with Gasteiger partial charge >= 0.3 is 0 Å². The van der Waals surface area contributed by atoms with Gasteiger partial charge < -0.3 is 9.47 Å². The molecular weight excluding hydrogens is 382 g/mol. The normalized spacial score (nSPS) is 10.8. The standard InChI is InChI=1S/C23H19N3O2S/c1-27-19-10-12-20(13-11-19)28-21-9-5-6-17(14-21)15-24-26-23-25-22(16-29-23)18-7-3-2-4-8-18/h2-16H,1H3,(H,25,26). The molecule has 0 unspecified atom stereocenters. The molecule has 0 amide bonds. The molecule has 1 heterocycles. The van der Waals surface area contributed by atoms with Gasteiger partial charge in [-0.25, -0.2) is 4.98 Å². The predicted molar refractivity (Wildman–Crippen MR) is 118 cm³/mol. The highest BCUT2D eigenvalue weighted by Crippen LogP contribution is 2.25. The van der Waals surface area contributed by atoms with Gasteiger partial charge in [0.25, 0.3) is 0 Å². The van der Waals surface area contributed by atoms with Crippen molar-refractivity contribution in [2.24, 2.45) is 5.10 Å². The fourth-order valence-corrected chi connectivity index (χ4v) is 3.34. The Morgan fingerprint density at radius 3 is 2.48 bits per heavy atom. The summed E-state index contributed by atoms with van der Waals surface area (Å²) in [5, 5.41) is 7.04. The van der Waals surface area contributed by atoms with Crippen LogP contribution in [0.25, 0.3) is 11.3 Å². The number of rotatable bonds is 7. The van der Waals surface area contributed by atoms with E-state index in [4.69, 9.17) is 9.47 Å². The number of nitrogens with zero attached hydrogens (tertiary/aromatic N) is 2. The number of ether oxygens (including phenoxy) is 2. The Labute approximate surface area is 173 Å². The maximum absolute atomic E-state index is 5.89. The van der Waals surface area contributed by atoms with Crippen LogP contribution < -0.4 is 14.9 Å². The van der Waals surface area contributed by atoms with Crippen LogP contribution in [0.3, 0.4) is 0 Å². The number of anilines is 1. The molecule has 0 atom stereocenters. The van der Waals surface area contributed by atoms with Gasteiger partial charge in [0, 0.05) is 10.9 Å². The predicted octanol–water partition coefficient (Wildman–Crippen LogP) is 6.06. The quantitative estimate of drug-likeness (QED) is 0.302. The highest BCUT2D eigenvalue weighted by Gasteiger charge is 2.03. The molecule has 0 fully saturated rings. The number of methoxy groups -OCH3 is 1. The number of hydrogen-bond donors (Lipinski definition) is 1. The maximum atomic E-state index is 5.89. The lowest BCUT2D eigenvalue weighted by Crippen LogP contribution is -1.91. The summed E-state index contributed by atoms with van der Waals surface area (Å²) in [4.78, 5) is 4.56. The second-order valence-electron chi connectivity index (χ2n) is 6.12. The molecule has 0 aliphatic carbocycles. The van der Waals surface area contributed by atoms with Gasteiger partial charge in [-0.3, -0.25) is 5.43 Å². The van der Waals surface area contributed by atoms with Crippen molar-refractivity contribution in [2.75, 3.05) is 12.5 Å². The highest BCUT2D eigenvalue weighted by atomic mass is 32.1. The first-order chi connectivity index (χ1) is 14.3. The first-order valence-electron chi connectivity index (χ1n) is 9.02.